The Hall–Kier alpha value is -5.05. The first-order chi connectivity index (χ1) is 21.6. The Kier molecular flexibility index (Phi) is 8.47. The fourth-order valence-electron chi connectivity index (χ4n) is 5.91. The highest BCUT2D eigenvalue weighted by Crippen LogP contribution is 2.33. The van der Waals surface area contributed by atoms with E-state index in [9.17, 15) is 19.6 Å². The third-order valence-electron chi connectivity index (χ3n) is 8.08. The number of hydrogen-bond donors (Lipinski definition) is 0. The minimum atomic E-state index is -0.625. The Bertz CT molecular complexity index is 1990. The predicted molar refractivity (Wildman–Crippen MR) is 176 cm³/mol. The number of ether oxygens (including phenoxy) is 1. The summed E-state index contributed by atoms with van der Waals surface area (Å²) in [5.41, 5.74) is 2.80. The number of hydrogen-bond acceptors (Lipinski definition) is 9. The molecule has 0 N–H and O–H groups in total. The van der Waals surface area contributed by atoms with Gasteiger partial charge in [-0.15, -0.1) is 0 Å². The molecule has 1 aliphatic heterocycles. The van der Waals surface area contributed by atoms with Crippen LogP contribution in [0.5, 0.6) is 0 Å². The zero-order valence-electron chi connectivity index (χ0n) is 27.9. The summed E-state index contributed by atoms with van der Waals surface area (Å²) in [7, 11) is 1.65. The molecule has 1 fully saturated rings. The van der Waals surface area contributed by atoms with Gasteiger partial charge >= 0.3 is 11.8 Å². The van der Waals surface area contributed by atoms with Crippen molar-refractivity contribution >= 4 is 22.9 Å². The van der Waals surface area contributed by atoms with E-state index in [0.29, 0.717) is 64.7 Å². The number of fused-ring (bicyclic) bond motifs is 1. The van der Waals surface area contributed by atoms with Gasteiger partial charge in [-0.25, -0.2) is 19.1 Å². The lowest BCUT2D eigenvalue weighted by Gasteiger charge is -2.41. The minimum Gasteiger partial charge on any atom is -0.444 e. The van der Waals surface area contributed by atoms with Crippen LogP contribution in [0.4, 0.5) is 10.6 Å². The van der Waals surface area contributed by atoms with E-state index in [-0.39, 0.29) is 23.1 Å². The van der Waals surface area contributed by atoms with Crippen molar-refractivity contribution in [2.45, 2.75) is 73.0 Å². The summed E-state index contributed by atoms with van der Waals surface area (Å²) in [6.07, 6.45) is 2.96. The number of aryl methyl sites for hydroxylation is 3. The molecule has 1 amide bonds. The number of aromatic nitrogens is 5. The van der Waals surface area contributed by atoms with E-state index < -0.39 is 17.4 Å². The molecule has 12 heteroatoms. The number of carbonyl (C=O) groups is 1. The highest BCUT2D eigenvalue weighted by Gasteiger charge is 2.33. The second kappa shape index (κ2) is 12.0. The monoisotopic (exact) mass is 624 g/mol. The molecule has 46 heavy (non-hydrogen) atoms. The van der Waals surface area contributed by atoms with Crippen LogP contribution in [0.25, 0.3) is 28.0 Å². The van der Waals surface area contributed by atoms with Gasteiger partial charge in [-0.3, -0.25) is 9.78 Å². The molecule has 0 bridgehead atoms. The number of piperazine rings is 1. The molecule has 4 aromatic heterocycles. The molecule has 1 saturated heterocycles. The number of amides is 1. The van der Waals surface area contributed by atoms with Gasteiger partial charge in [0.05, 0.1) is 28.0 Å². The molecule has 240 valence electrons. The summed E-state index contributed by atoms with van der Waals surface area (Å²) in [4.78, 5) is 57.4. The van der Waals surface area contributed by atoms with E-state index >= 15 is 0 Å². The summed E-state index contributed by atoms with van der Waals surface area (Å²) >= 11 is 0. The van der Waals surface area contributed by atoms with Crippen LogP contribution in [0.2, 0.25) is 0 Å². The van der Waals surface area contributed by atoms with E-state index in [4.69, 9.17) is 9.72 Å². The van der Waals surface area contributed by atoms with Crippen LogP contribution in [0.3, 0.4) is 0 Å². The maximum absolute atomic E-state index is 14.2. The molecular formula is C34H40N8O4. The summed E-state index contributed by atoms with van der Waals surface area (Å²) < 4.78 is 8.54. The lowest BCUT2D eigenvalue weighted by Crippen LogP contribution is -2.55. The average Bonchev–Trinajstić information content (AvgIpc) is 2.98. The molecule has 4 aromatic rings. The van der Waals surface area contributed by atoms with Crippen LogP contribution >= 0.6 is 0 Å². The zero-order valence-corrected chi connectivity index (χ0v) is 27.9. The highest BCUT2D eigenvalue weighted by molar-refractivity contribution is 5.92. The van der Waals surface area contributed by atoms with Gasteiger partial charge in [-0.05, 0) is 71.2 Å². The fraction of sp³-hybridized carbons (Fsp3) is 0.441. The number of pyridine rings is 3. The van der Waals surface area contributed by atoms with Crippen LogP contribution in [0.1, 0.15) is 69.8 Å². The minimum absolute atomic E-state index is 0.0124. The quantitative estimate of drug-likeness (QED) is 0.319. The Morgan fingerprint density at radius 1 is 1.11 bits per heavy atom. The molecule has 0 aromatic carbocycles. The van der Waals surface area contributed by atoms with Crippen LogP contribution < -0.4 is 16.1 Å². The standard InChI is InChI=1S/C34H40N8O4/c1-19(2)26-28(20(3)10-11-36-26)42-30-25(15-23(16-35)27(37-30)24-14-21(4)31(43)39(9)18-24)29(38-32(42)44)41-13-12-40(17-22(41)5)33(45)46-34(6,7)8/h10-11,14-15,18-19,22H,12-13,17H2,1-9H3/t22-/m0/s1. The van der Waals surface area contributed by atoms with E-state index in [0.717, 1.165) is 5.56 Å². The first-order valence-electron chi connectivity index (χ1n) is 15.4. The van der Waals surface area contributed by atoms with Crippen LogP contribution in [-0.2, 0) is 11.8 Å². The van der Waals surface area contributed by atoms with Crippen molar-refractivity contribution in [2.24, 2.45) is 7.05 Å². The van der Waals surface area contributed by atoms with Gasteiger partial charge in [0.25, 0.3) is 5.56 Å². The van der Waals surface area contributed by atoms with E-state index in [1.807, 2.05) is 59.4 Å². The Balaban J connectivity index is 1.77. The lowest BCUT2D eigenvalue weighted by molar-refractivity contribution is 0.0218. The molecule has 1 atom stereocenters. The van der Waals surface area contributed by atoms with Crippen LogP contribution in [0.15, 0.2) is 40.2 Å². The normalized spacial score (nSPS) is 15.4. The van der Waals surface area contributed by atoms with Crippen LogP contribution in [-0.4, -0.2) is 66.4 Å². The van der Waals surface area contributed by atoms with Gasteiger partial charge in [0.2, 0.25) is 0 Å². The predicted octanol–water partition coefficient (Wildman–Crippen LogP) is 4.60. The average molecular weight is 625 g/mol. The molecule has 12 nitrogen and oxygen atoms in total. The second-order valence-electron chi connectivity index (χ2n) is 13.2. The zero-order chi connectivity index (χ0) is 33.7. The highest BCUT2D eigenvalue weighted by atomic mass is 16.6. The number of carbonyl (C=O) groups excluding carboxylic acids is 1. The van der Waals surface area contributed by atoms with Crippen molar-refractivity contribution in [2.75, 3.05) is 24.5 Å². The van der Waals surface area contributed by atoms with Crippen molar-refractivity contribution < 1.29 is 9.53 Å². The number of rotatable bonds is 4. The molecule has 0 saturated carbocycles. The molecule has 0 unspecified atom stereocenters. The van der Waals surface area contributed by atoms with Crippen molar-refractivity contribution in [1.82, 2.24) is 29.0 Å². The van der Waals surface area contributed by atoms with Gasteiger partial charge in [0, 0.05) is 56.2 Å². The van der Waals surface area contributed by atoms with Gasteiger partial charge in [0.15, 0.2) is 5.65 Å². The summed E-state index contributed by atoms with van der Waals surface area (Å²) in [6.45, 7) is 16.2. The summed E-state index contributed by atoms with van der Waals surface area (Å²) in [5.74, 6) is 0.369. The Morgan fingerprint density at radius 2 is 1.83 bits per heavy atom. The third kappa shape index (κ3) is 5.97. The van der Waals surface area contributed by atoms with Gasteiger partial charge < -0.3 is 19.1 Å². The number of anilines is 1. The fourth-order valence-corrected chi connectivity index (χ4v) is 5.91. The Labute approximate surface area is 267 Å². The lowest BCUT2D eigenvalue weighted by atomic mass is 10.0. The van der Waals surface area contributed by atoms with Crippen molar-refractivity contribution in [3.63, 3.8) is 0 Å². The first kappa shape index (κ1) is 32.3. The Morgan fingerprint density at radius 3 is 2.43 bits per heavy atom. The number of nitriles is 1. The summed E-state index contributed by atoms with van der Waals surface area (Å²) in [6, 6.07) is 7.30. The van der Waals surface area contributed by atoms with Gasteiger partial charge in [-0.2, -0.15) is 10.2 Å². The van der Waals surface area contributed by atoms with Crippen molar-refractivity contribution in [1.29, 1.82) is 5.26 Å². The maximum Gasteiger partial charge on any atom is 0.410 e. The SMILES string of the molecule is Cc1ccnc(C(C)C)c1-n1c(=O)nc(N2CCN(C(=O)OC(C)(C)C)C[C@@H]2C)c2cc(C#N)c(-c3cc(C)c(=O)n(C)c3)nc21. The van der Waals surface area contributed by atoms with Crippen LogP contribution in [0, 0.1) is 25.2 Å². The third-order valence-corrected chi connectivity index (χ3v) is 8.08. The molecular weight excluding hydrogens is 584 g/mol. The topological polar surface area (TPSA) is 139 Å². The molecule has 0 aliphatic carbocycles. The van der Waals surface area contributed by atoms with Crippen molar-refractivity contribution in [3.8, 4) is 23.0 Å². The summed E-state index contributed by atoms with van der Waals surface area (Å²) in [5, 5.41) is 10.9. The molecule has 0 spiro atoms. The molecule has 1 aliphatic rings. The number of nitrogens with zero attached hydrogens (tertiary/aromatic N) is 8. The van der Waals surface area contributed by atoms with Gasteiger partial charge in [0.1, 0.15) is 17.5 Å². The molecule has 5 rings (SSSR count). The maximum atomic E-state index is 14.2. The molecule has 5 heterocycles. The van der Waals surface area contributed by atoms with Crippen molar-refractivity contribution in [3.05, 3.63) is 73.8 Å². The van der Waals surface area contributed by atoms with E-state index in [1.165, 1.54) is 9.13 Å². The first-order valence-corrected chi connectivity index (χ1v) is 15.4. The second-order valence-corrected chi connectivity index (χ2v) is 13.2. The molecule has 0 radical (unpaired) electrons. The van der Waals surface area contributed by atoms with Gasteiger partial charge in [-0.1, -0.05) is 13.8 Å². The van der Waals surface area contributed by atoms with E-state index in [1.54, 1.807) is 43.4 Å². The van der Waals surface area contributed by atoms with E-state index in [2.05, 4.69) is 16.0 Å². The largest absolute Gasteiger partial charge is 0.444 e. The smallest absolute Gasteiger partial charge is 0.410 e.